The topological polar surface area (TPSA) is 72.0 Å². The molecule has 1 aromatic rings. The van der Waals surface area contributed by atoms with Gasteiger partial charge in [-0.05, 0) is 31.7 Å². The van der Waals surface area contributed by atoms with Gasteiger partial charge in [-0.1, -0.05) is 0 Å². The van der Waals surface area contributed by atoms with Gasteiger partial charge in [0.15, 0.2) is 0 Å². The second kappa shape index (κ2) is 7.82. The number of ether oxygens (including phenoxy) is 2. The van der Waals surface area contributed by atoms with E-state index in [1.54, 1.807) is 25.4 Å². The van der Waals surface area contributed by atoms with Gasteiger partial charge in [0.25, 0.3) is 5.91 Å². The van der Waals surface area contributed by atoms with Crippen molar-refractivity contribution in [3.63, 3.8) is 0 Å². The van der Waals surface area contributed by atoms with E-state index in [1.165, 1.54) is 0 Å². The van der Waals surface area contributed by atoms with Crippen LogP contribution in [0, 0.1) is 5.92 Å². The Morgan fingerprint density at radius 1 is 1.24 bits per heavy atom. The van der Waals surface area contributed by atoms with Crippen LogP contribution in [0.25, 0.3) is 0 Å². The highest BCUT2D eigenvalue weighted by molar-refractivity contribution is 5.94. The first kappa shape index (κ1) is 17.7. The van der Waals surface area contributed by atoms with Crippen molar-refractivity contribution < 1.29 is 19.1 Å². The number of rotatable bonds is 6. The average molecular weight is 347 g/mol. The molecular weight excluding hydrogens is 322 g/mol. The Labute approximate surface area is 147 Å². The summed E-state index contributed by atoms with van der Waals surface area (Å²) in [5.41, 5.74) is 0.554. The standard InChI is InChI=1S/C18H25N3O4/c1-3-25-18(23)16(13-4-5-13)20-8-10-21(11-9-20)17(22)14-6-7-15(24-2)19-12-14/h6-7,12-13,16H,3-5,8-11H2,1-2H3. The Balaban J connectivity index is 1.58. The van der Waals surface area contributed by atoms with Crippen LogP contribution in [0.5, 0.6) is 5.88 Å². The average Bonchev–Trinajstić information content (AvgIpc) is 3.47. The molecule has 0 radical (unpaired) electrons. The minimum atomic E-state index is -0.153. The van der Waals surface area contributed by atoms with Crippen LogP contribution in [0.2, 0.25) is 0 Å². The van der Waals surface area contributed by atoms with Crippen molar-refractivity contribution in [1.82, 2.24) is 14.8 Å². The lowest BCUT2D eigenvalue weighted by molar-refractivity contribution is -0.151. The van der Waals surface area contributed by atoms with Gasteiger partial charge in [-0.2, -0.15) is 0 Å². The van der Waals surface area contributed by atoms with Gasteiger partial charge in [0.05, 0.1) is 19.3 Å². The third-order valence-electron chi connectivity index (χ3n) is 4.78. The number of carbonyl (C=O) groups excluding carboxylic acids is 2. The fourth-order valence-electron chi connectivity index (χ4n) is 3.29. The molecule has 2 fully saturated rings. The van der Waals surface area contributed by atoms with Gasteiger partial charge in [-0.3, -0.25) is 14.5 Å². The zero-order valence-corrected chi connectivity index (χ0v) is 14.8. The van der Waals surface area contributed by atoms with Crippen LogP contribution in [0.4, 0.5) is 0 Å². The van der Waals surface area contributed by atoms with Crippen LogP contribution in [-0.2, 0) is 9.53 Å². The van der Waals surface area contributed by atoms with Crippen LogP contribution < -0.4 is 4.74 Å². The van der Waals surface area contributed by atoms with Gasteiger partial charge in [-0.15, -0.1) is 0 Å². The summed E-state index contributed by atoms with van der Waals surface area (Å²) in [6.07, 6.45) is 3.71. The molecule has 1 amide bonds. The fraction of sp³-hybridized carbons (Fsp3) is 0.611. The minimum Gasteiger partial charge on any atom is -0.481 e. The Hall–Kier alpha value is -2.15. The molecule has 0 N–H and O–H groups in total. The first-order valence-electron chi connectivity index (χ1n) is 8.84. The van der Waals surface area contributed by atoms with E-state index in [9.17, 15) is 9.59 Å². The van der Waals surface area contributed by atoms with Gasteiger partial charge in [-0.25, -0.2) is 4.98 Å². The quantitative estimate of drug-likeness (QED) is 0.720. The first-order chi connectivity index (χ1) is 12.1. The van der Waals surface area contributed by atoms with Crippen molar-refractivity contribution >= 4 is 11.9 Å². The van der Waals surface area contributed by atoms with E-state index in [-0.39, 0.29) is 17.9 Å². The van der Waals surface area contributed by atoms with Gasteiger partial charge >= 0.3 is 5.97 Å². The van der Waals surface area contributed by atoms with E-state index in [1.807, 2.05) is 11.8 Å². The second-order valence-electron chi connectivity index (χ2n) is 6.45. The summed E-state index contributed by atoms with van der Waals surface area (Å²) in [5.74, 6) is 0.744. The molecule has 3 rings (SSSR count). The molecule has 7 nitrogen and oxygen atoms in total. The summed E-state index contributed by atoms with van der Waals surface area (Å²) >= 11 is 0. The van der Waals surface area contributed by atoms with E-state index in [2.05, 4.69) is 9.88 Å². The van der Waals surface area contributed by atoms with Crippen molar-refractivity contribution in [3.8, 4) is 5.88 Å². The fourth-order valence-corrected chi connectivity index (χ4v) is 3.29. The molecule has 0 spiro atoms. The minimum absolute atomic E-state index is 0.0334. The number of carbonyl (C=O) groups is 2. The molecule has 1 atom stereocenters. The summed E-state index contributed by atoms with van der Waals surface area (Å²) in [6.45, 7) is 4.83. The first-order valence-corrected chi connectivity index (χ1v) is 8.84. The number of hydrogen-bond donors (Lipinski definition) is 0. The largest absolute Gasteiger partial charge is 0.481 e. The summed E-state index contributed by atoms with van der Waals surface area (Å²) in [6, 6.07) is 3.26. The van der Waals surface area contributed by atoms with Crippen LogP contribution >= 0.6 is 0 Å². The molecule has 7 heteroatoms. The maximum absolute atomic E-state index is 12.6. The predicted octanol–water partition coefficient (Wildman–Crippen LogP) is 1.19. The van der Waals surface area contributed by atoms with Gasteiger partial charge in [0.1, 0.15) is 6.04 Å². The normalized spacial score (nSPS) is 19.4. The lowest BCUT2D eigenvalue weighted by Crippen LogP contribution is -2.55. The van der Waals surface area contributed by atoms with E-state index < -0.39 is 0 Å². The number of pyridine rings is 1. The number of methoxy groups -OCH3 is 1. The Morgan fingerprint density at radius 3 is 2.48 bits per heavy atom. The van der Waals surface area contributed by atoms with Crippen molar-refractivity contribution in [2.45, 2.75) is 25.8 Å². The molecule has 1 unspecified atom stereocenters. The monoisotopic (exact) mass is 347 g/mol. The zero-order valence-electron chi connectivity index (χ0n) is 14.8. The second-order valence-corrected chi connectivity index (χ2v) is 6.45. The van der Waals surface area contributed by atoms with Crippen LogP contribution in [-0.4, -0.2) is 72.6 Å². The van der Waals surface area contributed by atoms with Crippen molar-refractivity contribution in [3.05, 3.63) is 23.9 Å². The number of hydrogen-bond acceptors (Lipinski definition) is 6. The highest BCUT2D eigenvalue weighted by atomic mass is 16.5. The van der Waals surface area contributed by atoms with E-state index >= 15 is 0 Å². The third-order valence-corrected chi connectivity index (χ3v) is 4.78. The molecule has 0 bridgehead atoms. The lowest BCUT2D eigenvalue weighted by atomic mass is 10.1. The summed E-state index contributed by atoms with van der Waals surface area (Å²) in [5, 5.41) is 0. The highest BCUT2D eigenvalue weighted by Gasteiger charge is 2.42. The van der Waals surface area contributed by atoms with Crippen molar-refractivity contribution in [2.75, 3.05) is 39.9 Å². The maximum Gasteiger partial charge on any atom is 0.323 e. The molecule has 1 saturated heterocycles. The van der Waals surface area contributed by atoms with Crippen LogP contribution in [0.3, 0.4) is 0 Å². The SMILES string of the molecule is CCOC(=O)C(C1CC1)N1CCN(C(=O)c2ccc(OC)nc2)CC1. The molecule has 1 aliphatic carbocycles. The number of amides is 1. The number of aromatic nitrogens is 1. The van der Waals surface area contributed by atoms with Crippen molar-refractivity contribution in [1.29, 1.82) is 0 Å². The van der Waals surface area contributed by atoms with Gasteiger partial charge in [0, 0.05) is 38.4 Å². The molecule has 25 heavy (non-hydrogen) atoms. The Kier molecular flexibility index (Phi) is 5.53. The summed E-state index contributed by atoms with van der Waals surface area (Å²) < 4.78 is 10.3. The number of nitrogens with zero attached hydrogens (tertiary/aromatic N) is 3. The molecule has 2 aliphatic rings. The third kappa shape index (κ3) is 4.10. The molecule has 1 saturated carbocycles. The Bertz CT molecular complexity index is 607. The molecule has 136 valence electrons. The maximum atomic E-state index is 12.6. The van der Waals surface area contributed by atoms with Gasteiger partial charge in [0.2, 0.25) is 5.88 Å². The molecule has 1 aromatic heterocycles. The summed E-state index contributed by atoms with van der Waals surface area (Å²) in [4.78, 5) is 32.9. The molecule has 0 aromatic carbocycles. The van der Waals surface area contributed by atoms with Gasteiger partial charge < -0.3 is 14.4 Å². The molecular formula is C18H25N3O4. The lowest BCUT2D eigenvalue weighted by Gasteiger charge is -2.38. The summed E-state index contributed by atoms with van der Waals surface area (Å²) in [7, 11) is 1.54. The number of esters is 1. The van der Waals surface area contributed by atoms with Crippen LogP contribution in [0.15, 0.2) is 18.3 Å². The van der Waals surface area contributed by atoms with E-state index in [0.717, 1.165) is 12.8 Å². The highest BCUT2D eigenvalue weighted by Crippen LogP contribution is 2.36. The predicted molar refractivity (Wildman–Crippen MR) is 91.4 cm³/mol. The molecule has 2 heterocycles. The number of piperazine rings is 1. The smallest absolute Gasteiger partial charge is 0.323 e. The zero-order chi connectivity index (χ0) is 17.8. The Morgan fingerprint density at radius 2 is 1.96 bits per heavy atom. The van der Waals surface area contributed by atoms with E-state index in [4.69, 9.17) is 9.47 Å². The van der Waals surface area contributed by atoms with E-state index in [0.29, 0.717) is 50.1 Å². The van der Waals surface area contributed by atoms with Crippen molar-refractivity contribution in [2.24, 2.45) is 5.92 Å². The molecule has 1 aliphatic heterocycles. The van der Waals surface area contributed by atoms with Crippen LogP contribution in [0.1, 0.15) is 30.1 Å².